The number of hydrogen-bond donors (Lipinski definition) is 1. The summed E-state index contributed by atoms with van der Waals surface area (Å²) in [6.07, 6.45) is 2.07. The van der Waals surface area contributed by atoms with Crippen LogP contribution in [0.1, 0.15) is 51.8 Å². The van der Waals surface area contributed by atoms with Gasteiger partial charge in [-0.15, -0.1) is 0 Å². The van der Waals surface area contributed by atoms with E-state index in [0.29, 0.717) is 22.6 Å². The molecule has 1 N–H and O–H groups in total. The van der Waals surface area contributed by atoms with Gasteiger partial charge in [-0.05, 0) is 6.42 Å². The lowest BCUT2D eigenvalue weighted by Gasteiger charge is -2.11. The van der Waals surface area contributed by atoms with Gasteiger partial charge in [0, 0.05) is 23.7 Å². The van der Waals surface area contributed by atoms with Crippen molar-refractivity contribution in [2.24, 2.45) is 0 Å². The van der Waals surface area contributed by atoms with Crippen LogP contribution in [-0.2, 0) is 0 Å². The van der Waals surface area contributed by atoms with E-state index < -0.39 is 0 Å². The third-order valence-corrected chi connectivity index (χ3v) is 3.43. The number of furan rings is 1. The number of nitrogens with one attached hydrogen (secondary N) is 1. The monoisotopic (exact) mass is 269 g/mol. The van der Waals surface area contributed by atoms with E-state index >= 15 is 0 Å². The van der Waals surface area contributed by atoms with Gasteiger partial charge in [-0.25, -0.2) is 0 Å². The third-order valence-electron chi connectivity index (χ3n) is 3.43. The van der Waals surface area contributed by atoms with Crippen LogP contribution in [0, 0.1) is 0 Å². The predicted octanol–water partition coefficient (Wildman–Crippen LogP) is 3.27. The zero-order chi connectivity index (χ0) is 14.1. The summed E-state index contributed by atoms with van der Waals surface area (Å²) in [5.41, 5.74) is 1.22. The van der Waals surface area contributed by atoms with E-state index in [1.807, 2.05) is 0 Å². The number of carbonyl (C=O) groups excluding carboxylic acids is 2. The predicted molar refractivity (Wildman–Crippen MR) is 75.4 cm³/mol. The van der Waals surface area contributed by atoms with Crippen LogP contribution in [0.4, 0.5) is 5.88 Å². The fourth-order valence-electron chi connectivity index (χ4n) is 2.35. The van der Waals surface area contributed by atoms with Gasteiger partial charge >= 0.3 is 0 Å². The number of ketones is 2. The van der Waals surface area contributed by atoms with Crippen molar-refractivity contribution in [2.45, 2.75) is 19.8 Å². The van der Waals surface area contributed by atoms with Gasteiger partial charge < -0.3 is 9.73 Å². The highest BCUT2D eigenvalue weighted by atomic mass is 16.4. The second-order valence-electron chi connectivity index (χ2n) is 4.84. The quantitative estimate of drug-likeness (QED) is 0.738. The Morgan fingerprint density at radius 1 is 1.05 bits per heavy atom. The summed E-state index contributed by atoms with van der Waals surface area (Å²) in [6, 6.07) is 8.47. The molecule has 3 rings (SSSR count). The minimum atomic E-state index is -0.223. The molecule has 0 saturated heterocycles. The van der Waals surface area contributed by atoms with E-state index in [-0.39, 0.29) is 17.3 Å². The van der Waals surface area contributed by atoms with Gasteiger partial charge in [0.15, 0.2) is 17.4 Å². The van der Waals surface area contributed by atoms with Crippen LogP contribution in [0.3, 0.4) is 0 Å². The van der Waals surface area contributed by atoms with Gasteiger partial charge in [-0.3, -0.25) is 9.59 Å². The minimum absolute atomic E-state index is 0.146. The van der Waals surface area contributed by atoms with Crippen LogP contribution in [-0.4, -0.2) is 18.1 Å². The molecule has 1 aliphatic rings. The summed E-state index contributed by atoms with van der Waals surface area (Å²) in [5, 5.41) is 3.10. The highest BCUT2D eigenvalue weighted by molar-refractivity contribution is 6.27. The average molecular weight is 269 g/mol. The molecule has 1 heterocycles. The van der Waals surface area contributed by atoms with E-state index in [1.54, 1.807) is 30.3 Å². The van der Waals surface area contributed by atoms with Crippen LogP contribution < -0.4 is 5.32 Å². The van der Waals surface area contributed by atoms with Gasteiger partial charge in [-0.1, -0.05) is 37.6 Å². The third kappa shape index (κ3) is 1.93. The van der Waals surface area contributed by atoms with Crippen molar-refractivity contribution < 1.29 is 14.0 Å². The molecule has 1 aromatic heterocycles. The van der Waals surface area contributed by atoms with Gasteiger partial charge in [0.1, 0.15) is 0 Å². The van der Waals surface area contributed by atoms with Gasteiger partial charge in [0.2, 0.25) is 5.78 Å². The molecule has 102 valence electrons. The highest BCUT2D eigenvalue weighted by Gasteiger charge is 2.33. The lowest BCUT2D eigenvalue weighted by Crippen LogP contribution is -2.18. The molecular weight excluding hydrogens is 254 g/mol. The Morgan fingerprint density at radius 3 is 2.45 bits per heavy atom. The zero-order valence-corrected chi connectivity index (χ0v) is 11.2. The summed E-state index contributed by atoms with van der Waals surface area (Å²) >= 11 is 0. The fourth-order valence-corrected chi connectivity index (χ4v) is 2.35. The largest absolute Gasteiger partial charge is 0.436 e. The Morgan fingerprint density at radius 2 is 1.75 bits per heavy atom. The Bertz CT molecular complexity index is 632. The van der Waals surface area contributed by atoms with Crippen LogP contribution in [0.25, 0.3) is 0 Å². The summed E-state index contributed by atoms with van der Waals surface area (Å²) in [5.74, 6) is 0.256. The van der Waals surface area contributed by atoms with Gasteiger partial charge in [0.05, 0.1) is 5.56 Å². The molecule has 4 nitrogen and oxygen atoms in total. The Balaban J connectivity index is 1.97. The minimum Gasteiger partial charge on any atom is -0.436 e. The summed E-state index contributed by atoms with van der Waals surface area (Å²) in [6.45, 7) is 2.86. The van der Waals surface area contributed by atoms with Crippen LogP contribution >= 0.6 is 0 Å². The molecular formula is C16H15NO3. The van der Waals surface area contributed by atoms with E-state index in [4.69, 9.17) is 4.42 Å². The molecule has 1 aromatic carbocycles. The molecule has 0 saturated carbocycles. The fraction of sp³-hybridized carbons (Fsp3) is 0.250. The first-order valence-corrected chi connectivity index (χ1v) is 6.78. The molecule has 0 atom stereocenters. The first-order chi connectivity index (χ1) is 9.72. The maximum absolute atomic E-state index is 12.4. The average Bonchev–Trinajstić information content (AvgIpc) is 2.90. The SMILES string of the molecule is CCCCNc1cc2c(o1)C(=O)c1ccccc1C2=O. The summed E-state index contributed by atoms with van der Waals surface area (Å²) in [7, 11) is 0. The molecule has 4 heteroatoms. The van der Waals surface area contributed by atoms with Crippen LogP contribution in [0.2, 0.25) is 0 Å². The van der Waals surface area contributed by atoms with Crippen molar-refractivity contribution in [2.75, 3.05) is 11.9 Å². The van der Waals surface area contributed by atoms with Crippen molar-refractivity contribution in [3.63, 3.8) is 0 Å². The normalized spacial score (nSPS) is 13.1. The molecule has 2 aromatic rings. The van der Waals surface area contributed by atoms with Crippen LogP contribution in [0.5, 0.6) is 0 Å². The number of unbranched alkanes of at least 4 members (excludes halogenated alkanes) is 1. The second kappa shape index (κ2) is 4.96. The van der Waals surface area contributed by atoms with Crippen molar-refractivity contribution in [3.8, 4) is 0 Å². The maximum Gasteiger partial charge on any atom is 0.229 e. The second-order valence-corrected chi connectivity index (χ2v) is 4.84. The number of carbonyl (C=O) groups is 2. The topological polar surface area (TPSA) is 59.3 Å². The Hall–Kier alpha value is -2.36. The molecule has 20 heavy (non-hydrogen) atoms. The molecule has 0 bridgehead atoms. The first kappa shape index (κ1) is 12.7. The molecule has 0 spiro atoms. The summed E-state index contributed by atoms with van der Waals surface area (Å²) in [4.78, 5) is 24.7. The number of fused-ring (bicyclic) bond motifs is 2. The standard InChI is InChI=1S/C16H15NO3/c1-2-3-8-17-13-9-12-14(18)10-6-4-5-7-11(10)15(19)16(12)20-13/h4-7,9,17H,2-3,8H2,1H3. The lowest BCUT2D eigenvalue weighted by atomic mass is 9.89. The molecule has 0 amide bonds. The van der Waals surface area contributed by atoms with Gasteiger partial charge in [-0.2, -0.15) is 0 Å². The molecule has 0 aliphatic heterocycles. The lowest BCUT2D eigenvalue weighted by molar-refractivity contribution is 0.0961. The zero-order valence-electron chi connectivity index (χ0n) is 11.2. The Labute approximate surface area is 116 Å². The highest BCUT2D eigenvalue weighted by Crippen LogP contribution is 2.31. The number of hydrogen-bond acceptors (Lipinski definition) is 4. The first-order valence-electron chi connectivity index (χ1n) is 6.78. The van der Waals surface area contributed by atoms with Crippen molar-refractivity contribution >= 4 is 17.5 Å². The van der Waals surface area contributed by atoms with Gasteiger partial charge in [0.25, 0.3) is 0 Å². The van der Waals surface area contributed by atoms with E-state index in [0.717, 1.165) is 19.4 Å². The number of anilines is 1. The molecule has 0 unspecified atom stereocenters. The molecule has 0 radical (unpaired) electrons. The molecule has 1 aliphatic carbocycles. The number of rotatable bonds is 4. The smallest absolute Gasteiger partial charge is 0.229 e. The van der Waals surface area contributed by atoms with E-state index in [1.165, 1.54) is 0 Å². The molecule has 0 fully saturated rings. The number of benzene rings is 1. The summed E-state index contributed by atoms with van der Waals surface area (Å²) < 4.78 is 5.51. The van der Waals surface area contributed by atoms with Crippen molar-refractivity contribution in [1.29, 1.82) is 0 Å². The van der Waals surface area contributed by atoms with Crippen molar-refractivity contribution in [3.05, 3.63) is 52.8 Å². The van der Waals surface area contributed by atoms with Crippen molar-refractivity contribution in [1.82, 2.24) is 0 Å². The van der Waals surface area contributed by atoms with E-state index in [2.05, 4.69) is 12.2 Å². The van der Waals surface area contributed by atoms with E-state index in [9.17, 15) is 9.59 Å². The maximum atomic E-state index is 12.4. The Kier molecular flexibility index (Phi) is 3.14. The van der Waals surface area contributed by atoms with Crippen LogP contribution in [0.15, 0.2) is 34.7 Å².